The lowest BCUT2D eigenvalue weighted by molar-refractivity contribution is 0.0536. The molecule has 2 unspecified atom stereocenters. The second kappa shape index (κ2) is 10.7. The van der Waals surface area contributed by atoms with Gasteiger partial charge in [-0.3, -0.25) is 0 Å². The van der Waals surface area contributed by atoms with Gasteiger partial charge in [-0.15, -0.1) is 11.6 Å². The zero-order chi connectivity index (χ0) is 21.6. The molecule has 29 heavy (non-hydrogen) atoms. The summed E-state index contributed by atoms with van der Waals surface area (Å²) >= 11 is 18.6. The van der Waals surface area contributed by atoms with Crippen LogP contribution in [0.1, 0.15) is 31.9 Å². The van der Waals surface area contributed by atoms with E-state index in [4.69, 9.17) is 49.4 Å². The van der Waals surface area contributed by atoms with Gasteiger partial charge in [-0.1, -0.05) is 56.1 Å². The number of ether oxygens (including phenoxy) is 2. The first kappa shape index (κ1) is 24.1. The Morgan fingerprint density at radius 1 is 0.966 bits per heavy atom. The van der Waals surface area contributed by atoms with Crippen molar-refractivity contribution in [2.75, 3.05) is 25.7 Å². The first-order valence-corrected chi connectivity index (χ1v) is 10.7. The van der Waals surface area contributed by atoms with E-state index in [1.165, 1.54) is 0 Å². The van der Waals surface area contributed by atoms with Crippen molar-refractivity contribution in [1.29, 1.82) is 0 Å². The molecule has 0 fully saturated rings. The lowest BCUT2D eigenvalue weighted by Crippen LogP contribution is -2.22. The monoisotopic (exact) mass is 460 g/mol. The summed E-state index contributed by atoms with van der Waals surface area (Å²) in [7, 11) is 0. The molecule has 0 spiro atoms. The summed E-state index contributed by atoms with van der Waals surface area (Å²) in [6.07, 6.45) is -0.994. The Morgan fingerprint density at radius 3 is 2.07 bits per heavy atom. The van der Waals surface area contributed by atoms with E-state index < -0.39 is 12.7 Å². The molecule has 0 aliphatic carbocycles. The summed E-state index contributed by atoms with van der Waals surface area (Å²) in [5.41, 5.74) is 1.64. The number of alkyl halides is 1. The highest BCUT2D eigenvalue weighted by molar-refractivity contribution is 6.37. The lowest BCUT2D eigenvalue weighted by Gasteiger charge is -2.27. The molecule has 2 rings (SSSR count). The predicted molar refractivity (Wildman–Crippen MR) is 119 cm³/mol. The van der Waals surface area contributed by atoms with Crippen molar-refractivity contribution in [2.24, 2.45) is 5.92 Å². The number of aliphatic hydroxyl groups excluding tert-OH is 2. The van der Waals surface area contributed by atoms with Crippen LogP contribution in [-0.2, 0) is 5.41 Å². The largest absolute Gasteiger partial charge is 0.493 e. The molecule has 0 amide bonds. The van der Waals surface area contributed by atoms with Crippen molar-refractivity contribution in [3.8, 4) is 11.5 Å². The first-order chi connectivity index (χ1) is 13.7. The summed E-state index contributed by atoms with van der Waals surface area (Å²) in [6, 6.07) is 11.5. The van der Waals surface area contributed by atoms with E-state index in [1.807, 2.05) is 31.2 Å². The minimum atomic E-state index is -0.994. The van der Waals surface area contributed by atoms with Gasteiger partial charge in [0.2, 0.25) is 0 Å². The molecule has 0 aliphatic rings. The Labute approximate surface area is 187 Å². The first-order valence-electron chi connectivity index (χ1n) is 9.39. The van der Waals surface area contributed by atoms with E-state index in [0.29, 0.717) is 22.5 Å². The van der Waals surface area contributed by atoms with Crippen LogP contribution in [0.5, 0.6) is 11.5 Å². The average molecular weight is 462 g/mol. The fourth-order valence-corrected chi connectivity index (χ4v) is 3.39. The molecule has 160 valence electrons. The summed E-state index contributed by atoms with van der Waals surface area (Å²) in [4.78, 5) is 0. The summed E-state index contributed by atoms with van der Waals surface area (Å²) in [5, 5.41) is 19.1. The molecule has 0 saturated carbocycles. The SMILES string of the molecule is CC(CCl)COc1ccc(C(C)(C)c2cc(Cl)c(OCC(O)CO)c(Cl)c2)cc1. The summed E-state index contributed by atoms with van der Waals surface area (Å²) in [6.45, 7) is 6.28. The van der Waals surface area contributed by atoms with Crippen LogP contribution >= 0.6 is 34.8 Å². The number of aliphatic hydroxyl groups is 2. The minimum absolute atomic E-state index is 0.0948. The molecular weight excluding hydrogens is 435 g/mol. The Hall–Kier alpha value is -1.17. The minimum Gasteiger partial charge on any atom is -0.493 e. The molecule has 0 radical (unpaired) electrons. The van der Waals surface area contributed by atoms with Crippen LogP contribution in [0, 0.1) is 5.92 Å². The Balaban J connectivity index is 2.19. The van der Waals surface area contributed by atoms with Crippen LogP contribution in [0.3, 0.4) is 0 Å². The van der Waals surface area contributed by atoms with Gasteiger partial charge >= 0.3 is 0 Å². The number of hydrogen-bond donors (Lipinski definition) is 2. The highest BCUT2D eigenvalue weighted by Gasteiger charge is 2.26. The molecule has 2 aromatic carbocycles. The zero-order valence-corrected chi connectivity index (χ0v) is 19.1. The quantitative estimate of drug-likeness (QED) is 0.471. The van der Waals surface area contributed by atoms with Gasteiger partial charge in [-0.25, -0.2) is 0 Å². The number of hydrogen-bond acceptors (Lipinski definition) is 4. The Kier molecular flexibility index (Phi) is 8.92. The van der Waals surface area contributed by atoms with E-state index in [9.17, 15) is 5.11 Å². The number of halogens is 3. The van der Waals surface area contributed by atoms with Crippen LogP contribution < -0.4 is 9.47 Å². The van der Waals surface area contributed by atoms with E-state index in [2.05, 4.69) is 13.8 Å². The Morgan fingerprint density at radius 2 is 1.55 bits per heavy atom. The van der Waals surface area contributed by atoms with Gasteiger partial charge in [0.1, 0.15) is 18.5 Å². The van der Waals surface area contributed by atoms with Crippen LogP contribution in [0.25, 0.3) is 0 Å². The van der Waals surface area contributed by atoms with Crippen molar-refractivity contribution in [2.45, 2.75) is 32.3 Å². The molecular formula is C22H27Cl3O4. The van der Waals surface area contributed by atoms with E-state index in [1.54, 1.807) is 12.1 Å². The summed E-state index contributed by atoms with van der Waals surface area (Å²) < 4.78 is 11.2. The topological polar surface area (TPSA) is 58.9 Å². The fourth-order valence-electron chi connectivity index (χ4n) is 2.71. The normalized spacial score (nSPS) is 13.8. The molecule has 4 nitrogen and oxygen atoms in total. The maximum Gasteiger partial charge on any atom is 0.156 e. The van der Waals surface area contributed by atoms with Crippen molar-refractivity contribution in [1.82, 2.24) is 0 Å². The van der Waals surface area contributed by atoms with Crippen molar-refractivity contribution >= 4 is 34.8 Å². The van der Waals surface area contributed by atoms with Gasteiger partial charge in [-0.05, 0) is 35.4 Å². The number of benzene rings is 2. The molecule has 0 aromatic heterocycles. The predicted octanol–water partition coefficient (Wildman–Crippen LogP) is 5.31. The Bertz CT molecular complexity index is 770. The fraction of sp³-hybridized carbons (Fsp3) is 0.455. The second-order valence-corrected chi connectivity index (χ2v) is 8.76. The molecule has 0 heterocycles. The van der Waals surface area contributed by atoms with Crippen LogP contribution in [0.2, 0.25) is 10.0 Å². The third-order valence-electron chi connectivity index (χ3n) is 4.72. The van der Waals surface area contributed by atoms with Gasteiger partial charge in [0.25, 0.3) is 0 Å². The van der Waals surface area contributed by atoms with E-state index in [-0.39, 0.29) is 23.7 Å². The van der Waals surface area contributed by atoms with Crippen LogP contribution in [0.15, 0.2) is 36.4 Å². The van der Waals surface area contributed by atoms with Crippen molar-refractivity contribution in [3.05, 3.63) is 57.6 Å². The van der Waals surface area contributed by atoms with Gasteiger partial charge in [0.15, 0.2) is 5.75 Å². The van der Waals surface area contributed by atoms with Gasteiger partial charge < -0.3 is 19.7 Å². The molecule has 0 aliphatic heterocycles. The van der Waals surface area contributed by atoms with Gasteiger partial charge in [0, 0.05) is 17.2 Å². The average Bonchev–Trinajstić information content (AvgIpc) is 2.71. The molecule has 0 saturated heterocycles. The molecule has 2 atom stereocenters. The number of rotatable bonds is 10. The zero-order valence-electron chi connectivity index (χ0n) is 16.8. The molecule has 7 heteroatoms. The van der Waals surface area contributed by atoms with E-state index in [0.717, 1.165) is 16.9 Å². The van der Waals surface area contributed by atoms with Crippen LogP contribution in [0.4, 0.5) is 0 Å². The molecule has 2 N–H and O–H groups in total. The third-order valence-corrected chi connectivity index (χ3v) is 5.81. The maximum atomic E-state index is 9.46. The highest BCUT2D eigenvalue weighted by Crippen LogP contribution is 2.40. The highest BCUT2D eigenvalue weighted by atomic mass is 35.5. The third kappa shape index (κ3) is 6.40. The smallest absolute Gasteiger partial charge is 0.156 e. The summed E-state index contributed by atoms with van der Waals surface area (Å²) in [5.74, 6) is 1.93. The second-order valence-electron chi connectivity index (χ2n) is 7.64. The lowest BCUT2D eigenvalue weighted by atomic mass is 9.78. The van der Waals surface area contributed by atoms with Crippen LogP contribution in [-0.4, -0.2) is 42.0 Å². The van der Waals surface area contributed by atoms with Crippen molar-refractivity contribution < 1.29 is 19.7 Å². The molecule has 0 bridgehead atoms. The van der Waals surface area contributed by atoms with Gasteiger partial charge in [-0.2, -0.15) is 0 Å². The standard InChI is InChI=1S/C22H27Cl3O4/c1-14(10-23)12-28-18-6-4-15(5-7-18)22(2,3)16-8-19(24)21(20(25)9-16)29-13-17(27)11-26/h4-9,14,17,26-27H,10-13H2,1-3H3. The van der Waals surface area contributed by atoms with E-state index >= 15 is 0 Å². The maximum absolute atomic E-state index is 9.46. The molecule has 2 aromatic rings. The van der Waals surface area contributed by atoms with Gasteiger partial charge in [0.05, 0.1) is 23.3 Å². The van der Waals surface area contributed by atoms with Crippen molar-refractivity contribution in [3.63, 3.8) is 0 Å².